The first-order valence-electron chi connectivity index (χ1n) is 7.35. The van der Waals surface area contributed by atoms with E-state index < -0.39 is 0 Å². The first-order valence-corrected chi connectivity index (χ1v) is 7.35. The average molecular weight is 241 g/mol. The van der Waals surface area contributed by atoms with E-state index in [0.29, 0.717) is 6.04 Å². The van der Waals surface area contributed by atoms with Crippen LogP contribution in [0.5, 0.6) is 0 Å². The summed E-state index contributed by atoms with van der Waals surface area (Å²) >= 11 is 0. The van der Waals surface area contributed by atoms with Crippen LogP contribution in [0.1, 0.15) is 59.8 Å². The first kappa shape index (κ1) is 15.0. The van der Waals surface area contributed by atoms with Crippen molar-refractivity contribution in [3.8, 4) is 0 Å². The lowest BCUT2D eigenvalue weighted by Crippen LogP contribution is -2.54. The van der Waals surface area contributed by atoms with Crippen LogP contribution in [0.25, 0.3) is 0 Å². The van der Waals surface area contributed by atoms with Crippen LogP contribution in [0.2, 0.25) is 0 Å². The fourth-order valence-corrected chi connectivity index (χ4v) is 3.21. The van der Waals surface area contributed by atoms with Gasteiger partial charge in [0, 0.05) is 13.2 Å². The molecule has 1 aliphatic carbocycles. The molecule has 1 rings (SSSR count). The Balaban J connectivity index is 2.70. The van der Waals surface area contributed by atoms with E-state index in [-0.39, 0.29) is 5.60 Å². The minimum Gasteiger partial charge on any atom is -0.377 e. The monoisotopic (exact) mass is 241 g/mol. The lowest BCUT2D eigenvalue weighted by Gasteiger charge is -2.43. The summed E-state index contributed by atoms with van der Waals surface area (Å²) in [6.07, 6.45) is 6.56. The van der Waals surface area contributed by atoms with E-state index >= 15 is 0 Å². The van der Waals surface area contributed by atoms with Gasteiger partial charge in [0.1, 0.15) is 0 Å². The molecule has 0 bridgehead atoms. The molecular weight excluding hydrogens is 210 g/mol. The molecular formula is C15H31NO. The summed E-state index contributed by atoms with van der Waals surface area (Å²) in [5.41, 5.74) is -0.0126. The van der Waals surface area contributed by atoms with E-state index in [1.807, 2.05) is 7.11 Å². The molecule has 0 aromatic carbocycles. The molecule has 1 fully saturated rings. The third-order valence-corrected chi connectivity index (χ3v) is 4.78. The normalized spacial score (nSPS) is 30.9. The maximum absolute atomic E-state index is 5.82. The smallest absolute Gasteiger partial charge is 0.0803 e. The molecule has 0 spiro atoms. The maximum atomic E-state index is 5.82. The second-order valence-corrected chi connectivity index (χ2v) is 5.93. The molecule has 2 unspecified atom stereocenters. The lowest BCUT2D eigenvalue weighted by molar-refractivity contribution is -0.0510. The average Bonchev–Trinajstić information content (AvgIpc) is 2.36. The number of methoxy groups -OCH3 is 1. The highest BCUT2D eigenvalue weighted by Gasteiger charge is 2.38. The van der Waals surface area contributed by atoms with Gasteiger partial charge < -0.3 is 10.1 Å². The molecule has 0 saturated heterocycles. The zero-order valence-electron chi connectivity index (χ0n) is 12.4. The summed E-state index contributed by atoms with van der Waals surface area (Å²) in [4.78, 5) is 0. The highest BCUT2D eigenvalue weighted by atomic mass is 16.5. The largest absolute Gasteiger partial charge is 0.377 e. The SMILES string of the molecule is CCNC(C1CCC(C)CC1)C(C)(CC)OC. The Morgan fingerprint density at radius 3 is 2.24 bits per heavy atom. The lowest BCUT2D eigenvalue weighted by atomic mass is 9.73. The van der Waals surface area contributed by atoms with Crippen molar-refractivity contribution < 1.29 is 4.74 Å². The van der Waals surface area contributed by atoms with Gasteiger partial charge in [-0.15, -0.1) is 0 Å². The Labute approximate surface area is 108 Å². The van der Waals surface area contributed by atoms with Gasteiger partial charge in [0.15, 0.2) is 0 Å². The number of hydrogen-bond acceptors (Lipinski definition) is 2. The van der Waals surface area contributed by atoms with Gasteiger partial charge in [-0.05, 0) is 44.6 Å². The molecule has 2 atom stereocenters. The molecule has 1 saturated carbocycles. The van der Waals surface area contributed by atoms with E-state index in [1.165, 1.54) is 25.7 Å². The summed E-state index contributed by atoms with van der Waals surface area (Å²) in [5.74, 6) is 1.71. The molecule has 1 aliphatic rings. The molecule has 2 nitrogen and oxygen atoms in total. The highest BCUT2D eigenvalue weighted by Crippen LogP contribution is 2.36. The van der Waals surface area contributed by atoms with Gasteiger partial charge in [-0.2, -0.15) is 0 Å². The van der Waals surface area contributed by atoms with Crippen molar-refractivity contribution in [1.82, 2.24) is 5.32 Å². The van der Waals surface area contributed by atoms with Gasteiger partial charge in [-0.1, -0.05) is 33.6 Å². The second kappa shape index (κ2) is 6.75. The van der Waals surface area contributed by atoms with Crippen molar-refractivity contribution in [1.29, 1.82) is 0 Å². The van der Waals surface area contributed by atoms with Crippen molar-refractivity contribution in [3.05, 3.63) is 0 Å². The van der Waals surface area contributed by atoms with Crippen molar-refractivity contribution in [2.45, 2.75) is 71.4 Å². The number of nitrogens with one attached hydrogen (secondary N) is 1. The van der Waals surface area contributed by atoms with Crippen LogP contribution in [-0.4, -0.2) is 25.3 Å². The summed E-state index contributed by atoms with van der Waals surface area (Å²) in [6.45, 7) is 10.1. The summed E-state index contributed by atoms with van der Waals surface area (Å²) in [7, 11) is 1.86. The van der Waals surface area contributed by atoms with Crippen molar-refractivity contribution >= 4 is 0 Å². The minimum atomic E-state index is -0.0126. The predicted molar refractivity (Wildman–Crippen MR) is 74.3 cm³/mol. The molecule has 0 aromatic rings. The molecule has 2 heteroatoms. The zero-order chi connectivity index (χ0) is 12.9. The highest BCUT2D eigenvalue weighted by molar-refractivity contribution is 4.94. The summed E-state index contributed by atoms with van der Waals surface area (Å²) in [5, 5.41) is 3.68. The van der Waals surface area contributed by atoms with Crippen LogP contribution in [0.3, 0.4) is 0 Å². The second-order valence-electron chi connectivity index (χ2n) is 5.93. The van der Waals surface area contributed by atoms with Gasteiger partial charge >= 0.3 is 0 Å². The Morgan fingerprint density at radius 1 is 1.24 bits per heavy atom. The first-order chi connectivity index (χ1) is 8.07. The molecule has 0 aliphatic heterocycles. The van der Waals surface area contributed by atoms with E-state index in [1.54, 1.807) is 0 Å². The van der Waals surface area contributed by atoms with Crippen LogP contribution in [0, 0.1) is 11.8 Å². The third kappa shape index (κ3) is 3.69. The van der Waals surface area contributed by atoms with Gasteiger partial charge in [0.25, 0.3) is 0 Å². The van der Waals surface area contributed by atoms with Crippen LogP contribution in [-0.2, 0) is 4.74 Å². The minimum absolute atomic E-state index is 0.0126. The van der Waals surface area contributed by atoms with Crippen molar-refractivity contribution in [2.75, 3.05) is 13.7 Å². The Morgan fingerprint density at radius 2 is 1.82 bits per heavy atom. The Hall–Kier alpha value is -0.0800. The number of likely N-dealkylation sites (N-methyl/N-ethyl adjacent to an activating group) is 1. The topological polar surface area (TPSA) is 21.3 Å². The predicted octanol–water partition coefficient (Wildman–Crippen LogP) is 3.61. The standard InChI is InChI=1S/C15H31NO/c1-6-15(4,17-5)14(16-7-2)13-10-8-12(3)9-11-13/h12-14,16H,6-11H2,1-5H3. The maximum Gasteiger partial charge on any atom is 0.0803 e. The Bertz CT molecular complexity index is 205. The molecule has 1 N–H and O–H groups in total. The molecule has 0 radical (unpaired) electrons. The van der Waals surface area contributed by atoms with Gasteiger partial charge in [-0.25, -0.2) is 0 Å². The van der Waals surface area contributed by atoms with Gasteiger partial charge in [0.05, 0.1) is 5.60 Å². The Kier molecular flexibility index (Phi) is 5.94. The zero-order valence-corrected chi connectivity index (χ0v) is 12.4. The quantitative estimate of drug-likeness (QED) is 0.767. The number of hydrogen-bond donors (Lipinski definition) is 1. The molecule has 0 aromatic heterocycles. The van der Waals surface area contributed by atoms with Crippen LogP contribution in [0.4, 0.5) is 0 Å². The van der Waals surface area contributed by atoms with E-state index in [2.05, 4.69) is 33.0 Å². The summed E-state index contributed by atoms with van der Waals surface area (Å²) < 4.78 is 5.82. The third-order valence-electron chi connectivity index (χ3n) is 4.78. The van der Waals surface area contributed by atoms with E-state index in [9.17, 15) is 0 Å². The van der Waals surface area contributed by atoms with Crippen LogP contribution < -0.4 is 5.32 Å². The fourth-order valence-electron chi connectivity index (χ4n) is 3.21. The van der Waals surface area contributed by atoms with E-state index in [0.717, 1.165) is 24.8 Å². The molecule has 17 heavy (non-hydrogen) atoms. The van der Waals surface area contributed by atoms with Gasteiger partial charge in [0.2, 0.25) is 0 Å². The molecule has 0 amide bonds. The van der Waals surface area contributed by atoms with Gasteiger partial charge in [-0.3, -0.25) is 0 Å². The van der Waals surface area contributed by atoms with Crippen molar-refractivity contribution in [3.63, 3.8) is 0 Å². The molecule has 0 heterocycles. The fraction of sp³-hybridized carbons (Fsp3) is 1.00. The van der Waals surface area contributed by atoms with Crippen molar-refractivity contribution in [2.24, 2.45) is 11.8 Å². The number of ether oxygens (including phenoxy) is 1. The van der Waals surface area contributed by atoms with E-state index in [4.69, 9.17) is 4.74 Å². The van der Waals surface area contributed by atoms with Crippen LogP contribution >= 0.6 is 0 Å². The molecule has 102 valence electrons. The summed E-state index contributed by atoms with van der Waals surface area (Å²) in [6, 6.07) is 0.509. The number of rotatable bonds is 6. The van der Waals surface area contributed by atoms with Crippen LogP contribution in [0.15, 0.2) is 0 Å².